The maximum absolute atomic E-state index is 10.4. The van der Waals surface area contributed by atoms with Gasteiger partial charge in [-0.05, 0) is 29.3 Å². The zero-order valence-electron chi connectivity index (χ0n) is 12.8. The minimum atomic E-state index is -0.103. The number of nitrogens with one attached hydrogen (secondary N) is 1. The summed E-state index contributed by atoms with van der Waals surface area (Å²) in [4.78, 5) is 1.23. The summed E-state index contributed by atoms with van der Waals surface area (Å²) in [5.41, 5.74) is 4.93. The standard InChI is InChI=1S/C18H17NO4/c1-23-17-3-2-10-6-14-12-8-16(21)15(20)7-11(12)4-5-19(14)9-13(10)18(17)22/h2-3,6-8,20-22H,4-5,9H2,1H3/p+1. The number of aromatic hydroxyl groups is 3. The zero-order valence-corrected chi connectivity index (χ0v) is 12.8. The second-order valence-corrected chi connectivity index (χ2v) is 6.02. The van der Waals surface area contributed by atoms with Crippen molar-refractivity contribution in [2.75, 3.05) is 13.7 Å². The molecule has 118 valence electrons. The van der Waals surface area contributed by atoms with Crippen LogP contribution in [0.15, 0.2) is 24.3 Å². The number of quaternary nitrogens is 1. The van der Waals surface area contributed by atoms with Crippen molar-refractivity contribution in [3.05, 3.63) is 46.5 Å². The molecule has 1 unspecified atom stereocenters. The number of benzene rings is 2. The second kappa shape index (κ2) is 4.93. The van der Waals surface area contributed by atoms with Crippen LogP contribution in [-0.4, -0.2) is 29.0 Å². The number of methoxy groups -OCH3 is 1. The molecule has 0 saturated heterocycles. The van der Waals surface area contributed by atoms with E-state index in [1.54, 1.807) is 25.3 Å². The summed E-state index contributed by atoms with van der Waals surface area (Å²) in [5.74, 6) is 0.507. The molecule has 23 heavy (non-hydrogen) atoms. The number of ether oxygens (including phenoxy) is 1. The first kappa shape index (κ1) is 14.0. The van der Waals surface area contributed by atoms with E-state index in [1.165, 1.54) is 4.90 Å². The molecule has 0 spiro atoms. The van der Waals surface area contributed by atoms with Crippen LogP contribution in [0.1, 0.15) is 22.3 Å². The van der Waals surface area contributed by atoms with Crippen LogP contribution < -0.4 is 9.64 Å². The van der Waals surface area contributed by atoms with Gasteiger partial charge >= 0.3 is 0 Å². The summed E-state index contributed by atoms with van der Waals surface area (Å²) in [5, 5.41) is 29.9. The third kappa shape index (κ3) is 2.04. The van der Waals surface area contributed by atoms with E-state index in [0.717, 1.165) is 40.9 Å². The molecule has 2 heterocycles. The van der Waals surface area contributed by atoms with Crippen LogP contribution in [0.25, 0.3) is 11.8 Å². The van der Waals surface area contributed by atoms with Gasteiger partial charge < -0.3 is 20.1 Å². The number of fused-ring (bicyclic) bond motifs is 4. The highest BCUT2D eigenvalue weighted by Gasteiger charge is 2.32. The maximum atomic E-state index is 10.4. The molecule has 4 rings (SSSR count). The first-order chi connectivity index (χ1) is 11.1. The lowest BCUT2D eigenvalue weighted by molar-refractivity contribution is -0.841. The third-order valence-corrected chi connectivity index (χ3v) is 4.76. The Morgan fingerprint density at radius 1 is 1.09 bits per heavy atom. The molecule has 0 bridgehead atoms. The largest absolute Gasteiger partial charge is 0.504 e. The molecule has 0 amide bonds. The van der Waals surface area contributed by atoms with Crippen molar-refractivity contribution in [3.8, 4) is 23.0 Å². The van der Waals surface area contributed by atoms with Gasteiger partial charge in [0.1, 0.15) is 12.2 Å². The van der Waals surface area contributed by atoms with Gasteiger partial charge in [-0.3, -0.25) is 4.90 Å². The molecule has 2 aliphatic heterocycles. The van der Waals surface area contributed by atoms with Crippen molar-refractivity contribution >= 4 is 11.8 Å². The van der Waals surface area contributed by atoms with E-state index in [9.17, 15) is 15.3 Å². The molecule has 2 aromatic carbocycles. The van der Waals surface area contributed by atoms with Crippen molar-refractivity contribution < 1.29 is 25.0 Å². The summed E-state index contributed by atoms with van der Waals surface area (Å²) in [6.07, 6.45) is 2.86. The lowest BCUT2D eigenvalue weighted by Crippen LogP contribution is -3.09. The highest BCUT2D eigenvalue weighted by molar-refractivity contribution is 5.82. The Labute approximate surface area is 133 Å². The van der Waals surface area contributed by atoms with Crippen molar-refractivity contribution in [2.24, 2.45) is 0 Å². The van der Waals surface area contributed by atoms with Crippen LogP contribution >= 0.6 is 0 Å². The maximum Gasteiger partial charge on any atom is 0.167 e. The van der Waals surface area contributed by atoms with Gasteiger partial charge in [0.25, 0.3) is 0 Å². The fraction of sp³-hybridized carbons (Fsp3) is 0.222. The van der Waals surface area contributed by atoms with Crippen LogP contribution in [0.4, 0.5) is 0 Å². The van der Waals surface area contributed by atoms with Crippen LogP contribution in [0, 0.1) is 0 Å². The third-order valence-electron chi connectivity index (χ3n) is 4.76. The summed E-state index contributed by atoms with van der Waals surface area (Å²) < 4.78 is 5.19. The zero-order chi connectivity index (χ0) is 16.1. The van der Waals surface area contributed by atoms with Gasteiger partial charge in [-0.1, -0.05) is 6.07 Å². The molecule has 0 saturated carbocycles. The highest BCUT2D eigenvalue weighted by atomic mass is 16.5. The lowest BCUT2D eigenvalue weighted by atomic mass is 9.90. The van der Waals surface area contributed by atoms with Crippen LogP contribution in [-0.2, 0) is 13.0 Å². The molecule has 2 aromatic rings. The highest BCUT2D eigenvalue weighted by Crippen LogP contribution is 2.38. The fourth-order valence-electron chi connectivity index (χ4n) is 3.54. The van der Waals surface area contributed by atoms with Gasteiger partial charge in [-0.25, -0.2) is 0 Å². The first-order valence-electron chi connectivity index (χ1n) is 7.59. The molecule has 5 heteroatoms. The van der Waals surface area contributed by atoms with Gasteiger partial charge in [0.2, 0.25) is 0 Å². The minimum absolute atomic E-state index is 0.0774. The Morgan fingerprint density at radius 3 is 2.65 bits per heavy atom. The Balaban J connectivity index is 1.88. The van der Waals surface area contributed by atoms with Gasteiger partial charge in [-0.2, -0.15) is 0 Å². The van der Waals surface area contributed by atoms with Crippen LogP contribution in [0.3, 0.4) is 0 Å². The van der Waals surface area contributed by atoms with E-state index in [4.69, 9.17) is 4.74 Å². The molecule has 2 aliphatic rings. The molecule has 5 nitrogen and oxygen atoms in total. The topological polar surface area (TPSA) is 74.4 Å². The van der Waals surface area contributed by atoms with E-state index in [2.05, 4.69) is 0 Å². The van der Waals surface area contributed by atoms with Gasteiger partial charge in [0, 0.05) is 18.1 Å². The van der Waals surface area contributed by atoms with E-state index < -0.39 is 0 Å². The SMILES string of the molecule is COc1ccc2c(c1O)C[NH+]1CCc3cc(O)c(O)cc3C1=C2. The number of hydrogen-bond donors (Lipinski definition) is 4. The van der Waals surface area contributed by atoms with Gasteiger partial charge in [0.15, 0.2) is 23.0 Å². The molecule has 0 aliphatic carbocycles. The Bertz CT molecular complexity index is 841. The Morgan fingerprint density at radius 2 is 1.87 bits per heavy atom. The summed E-state index contributed by atoms with van der Waals surface area (Å²) in [6, 6.07) is 6.97. The fourth-order valence-corrected chi connectivity index (χ4v) is 3.54. The molecular formula is C18H18NO4+. The molecule has 0 aromatic heterocycles. The van der Waals surface area contributed by atoms with E-state index in [1.807, 2.05) is 12.1 Å². The van der Waals surface area contributed by atoms with Crippen molar-refractivity contribution in [3.63, 3.8) is 0 Å². The number of phenolic OH excluding ortho intramolecular Hbond substituents is 3. The van der Waals surface area contributed by atoms with E-state index in [0.29, 0.717) is 12.3 Å². The Hall–Kier alpha value is -2.66. The van der Waals surface area contributed by atoms with E-state index >= 15 is 0 Å². The average molecular weight is 312 g/mol. The van der Waals surface area contributed by atoms with Gasteiger partial charge in [-0.15, -0.1) is 0 Å². The van der Waals surface area contributed by atoms with Gasteiger partial charge in [0.05, 0.1) is 19.2 Å². The summed E-state index contributed by atoms with van der Waals surface area (Å²) >= 11 is 0. The minimum Gasteiger partial charge on any atom is -0.504 e. The molecule has 1 atom stereocenters. The predicted molar refractivity (Wildman–Crippen MR) is 85.5 cm³/mol. The summed E-state index contributed by atoms with van der Waals surface area (Å²) in [6.45, 7) is 1.55. The predicted octanol–water partition coefficient (Wildman–Crippen LogP) is 1.26. The van der Waals surface area contributed by atoms with Crippen molar-refractivity contribution in [1.82, 2.24) is 0 Å². The number of phenols is 3. The normalized spacial score (nSPS) is 18.5. The molecule has 0 radical (unpaired) electrons. The number of rotatable bonds is 1. The van der Waals surface area contributed by atoms with E-state index in [-0.39, 0.29) is 17.2 Å². The summed E-state index contributed by atoms with van der Waals surface area (Å²) in [7, 11) is 1.55. The van der Waals surface area contributed by atoms with Crippen LogP contribution in [0.5, 0.6) is 23.0 Å². The average Bonchev–Trinajstić information content (AvgIpc) is 2.55. The van der Waals surface area contributed by atoms with Crippen molar-refractivity contribution in [2.45, 2.75) is 13.0 Å². The smallest absolute Gasteiger partial charge is 0.167 e. The number of hydrogen-bond acceptors (Lipinski definition) is 4. The second-order valence-electron chi connectivity index (χ2n) is 6.02. The Kier molecular flexibility index (Phi) is 2.99. The lowest BCUT2D eigenvalue weighted by Gasteiger charge is -2.32. The van der Waals surface area contributed by atoms with Crippen molar-refractivity contribution in [1.29, 1.82) is 0 Å². The molecule has 4 N–H and O–H groups in total. The quantitative estimate of drug-likeness (QED) is 0.598. The molecular weight excluding hydrogens is 294 g/mol. The first-order valence-corrected chi connectivity index (χ1v) is 7.59. The monoisotopic (exact) mass is 312 g/mol. The van der Waals surface area contributed by atoms with Crippen LogP contribution in [0.2, 0.25) is 0 Å². The molecule has 0 fully saturated rings.